The number of nitrogens with zero attached hydrogens (tertiary/aromatic N) is 2. The predicted octanol–water partition coefficient (Wildman–Crippen LogP) is 3.71. The van der Waals surface area contributed by atoms with Crippen molar-refractivity contribution in [2.75, 3.05) is 26.7 Å². The van der Waals surface area contributed by atoms with Gasteiger partial charge in [0.25, 0.3) is 5.91 Å². The number of thiophene rings is 1. The summed E-state index contributed by atoms with van der Waals surface area (Å²) in [4.78, 5) is 21.3. The number of aromatic nitrogens is 1. The maximum atomic E-state index is 12.7. The number of likely N-dealkylation sites (tertiary alicyclic amines) is 1. The summed E-state index contributed by atoms with van der Waals surface area (Å²) in [6.45, 7) is 2.69. The van der Waals surface area contributed by atoms with Gasteiger partial charge >= 0.3 is 0 Å². The summed E-state index contributed by atoms with van der Waals surface area (Å²) in [7, 11) is 1.97. The molecule has 2 aromatic heterocycles. The molecule has 6 heteroatoms. The molecule has 1 aromatic carbocycles. The highest BCUT2D eigenvalue weighted by Gasteiger charge is 2.27. The molecule has 0 bridgehead atoms. The number of benzene rings is 1. The Morgan fingerprint density at radius 3 is 3.00 bits per heavy atom. The Morgan fingerprint density at radius 1 is 1.29 bits per heavy atom. The molecule has 124 valence electrons. The lowest BCUT2D eigenvalue weighted by atomic mass is 10.1. The molecule has 3 heterocycles. The van der Waals surface area contributed by atoms with Crippen LogP contribution in [0.5, 0.6) is 0 Å². The van der Waals surface area contributed by atoms with Crippen LogP contribution < -0.4 is 5.32 Å². The first-order valence-corrected chi connectivity index (χ1v) is 9.77. The van der Waals surface area contributed by atoms with Gasteiger partial charge in [0, 0.05) is 13.1 Å². The van der Waals surface area contributed by atoms with Gasteiger partial charge < -0.3 is 10.2 Å². The van der Waals surface area contributed by atoms with Gasteiger partial charge in [0.1, 0.15) is 5.01 Å². The Labute approximate surface area is 149 Å². The maximum absolute atomic E-state index is 12.7. The molecule has 1 atom stereocenters. The van der Waals surface area contributed by atoms with E-state index in [4.69, 9.17) is 0 Å². The second-order valence-corrected chi connectivity index (χ2v) is 8.23. The topological polar surface area (TPSA) is 45.2 Å². The van der Waals surface area contributed by atoms with Crippen molar-refractivity contribution in [3.63, 3.8) is 0 Å². The normalized spacial score (nSPS) is 17.7. The fourth-order valence-corrected chi connectivity index (χ4v) is 5.17. The van der Waals surface area contributed by atoms with E-state index in [9.17, 15) is 4.79 Å². The first kappa shape index (κ1) is 15.7. The molecule has 4 rings (SSSR count). The Bertz CT molecular complexity index is 837. The van der Waals surface area contributed by atoms with Crippen molar-refractivity contribution in [2.45, 2.75) is 6.42 Å². The molecule has 1 N–H and O–H groups in total. The van der Waals surface area contributed by atoms with Gasteiger partial charge in [-0.25, -0.2) is 4.98 Å². The number of carbonyl (C=O) groups is 1. The van der Waals surface area contributed by atoms with Crippen LogP contribution in [0.4, 0.5) is 0 Å². The van der Waals surface area contributed by atoms with Gasteiger partial charge in [-0.3, -0.25) is 4.79 Å². The minimum absolute atomic E-state index is 0.158. The van der Waals surface area contributed by atoms with Gasteiger partial charge in [-0.15, -0.1) is 22.7 Å². The Balaban J connectivity index is 1.53. The van der Waals surface area contributed by atoms with E-state index in [-0.39, 0.29) is 5.91 Å². The zero-order chi connectivity index (χ0) is 16.5. The number of carbonyl (C=O) groups excluding carboxylic acids is 1. The second kappa shape index (κ2) is 6.63. The number of para-hydroxylation sites is 1. The van der Waals surface area contributed by atoms with Crippen molar-refractivity contribution in [3.8, 4) is 9.88 Å². The Kier molecular flexibility index (Phi) is 4.35. The van der Waals surface area contributed by atoms with E-state index in [1.807, 2.05) is 42.3 Å². The zero-order valence-corrected chi connectivity index (χ0v) is 15.1. The molecule has 1 saturated heterocycles. The minimum atomic E-state index is 0.158. The molecule has 4 nitrogen and oxygen atoms in total. The van der Waals surface area contributed by atoms with Crippen LogP contribution in [0.2, 0.25) is 0 Å². The van der Waals surface area contributed by atoms with E-state index < -0.39 is 0 Å². The van der Waals surface area contributed by atoms with Crippen molar-refractivity contribution in [1.82, 2.24) is 15.2 Å². The summed E-state index contributed by atoms with van der Waals surface area (Å²) >= 11 is 3.23. The highest BCUT2D eigenvalue weighted by molar-refractivity contribution is 7.26. The number of nitrogens with one attached hydrogen (secondary N) is 1. The molecule has 3 aromatic rings. The van der Waals surface area contributed by atoms with Crippen LogP contribution in [0.25, 0.3) is 20.1 Å². The van der Waals surface area contributed by atoms with Gasteiger partial charge in [-0.2, -0.15) is 0 Å². The largest absolute Gasteiger partial charge is 0.338 e. The van der Waals surface area contributed by atoms with Crippen LogP contribution in [-0.4, -0.2) is 42.5 Å². The summed E-state index contributed by atoms with van der Waals surface area (Å²) in [5.41, 5.74) is 1.02. The minimum Gasteiger partial charge on any atom is -0.338 e. The fourth-order valence-electron chi connectivity index (χ4n) is 3.17. The van der Waals surface area contributed by atoms with Gasteiger partial charge in [0.05, 0.1) is 20.0 Å². The lowest BCUT2D eigenvalue weighted by Gasteiger charge is -2.15. The van der Waals surface area contributed by atoms with Crippen molar-refractivity contribution in [1.29, 1.82) is 0 Å². The van der Waals surface area contributed by atoms with Crippen LogP contribution in [0.15, 0.2) is 36.4 Å². The third-order valence-corrected chi connectivity index (χ3v) is 6.67. The molecular weight excluding hydrogens is 338 g/mol. The second-order valence-electron chi connectivity index (χ2n) is 6.11. The van der Waals surface area contributed by atoms with Gasteiger partial charge in [-0.05, 0) is 50.2 Å². The predicted molar refractivity (Wildman–Crippen MR) is 101 cm³/mol. The van der Waals surface area contributed by atoms with E-state index >= 15 is 0 Å². The molecule has 0 saturated carbocycles. The number of hydrogen-bond donors (Lipinski definition) is 1. The van der Waals surface area contributed by atoms with E-state index in [2.05, 4.69) is 16.4 Å². The Morgan fingerprint density at radius 2 is 2.17 bits per heavy atom. The molecule has 24 heavy (non-hydrogen) atoms. The lowest BCUT2D eigenvalue weighted by molar-refractivity contribution is 0.0792. The molecule has 1 amide bonds. The number of hydrogen-bond acceptors (Lipinski definition) is 5. The van der Waals surface area contributed by atoms with Gasteiger partial charge in [0.2, 0.25) is 0 Å². The average Bonchev–Trinajstić information content (AvgIpc) is 3.32. The quantitative estimate of drug-likeness (QED) is 0.774. The van der Waals surface area contributed by atoms with E-state index in [0.717, 1.165) is 46.3 Å². The summed E-state index contributed by atoms with van der Waals surface area (Å²) in [6.07, 6.45) is 1.09. The maximum Gasteiger partial charge on any atom is 0.263 e. The van der Waals surface area contributed by atoms with E-state index in [0.29, 0.717) is 5.92 Å². The van der Waals surface area contributed by atoms with Crippen LogP contribution in [0, 0.1) is 5.92 Å². The highest BCUT2D eigenvalue weighted by atomic mass is 32.1. The molecule has 0 radical (unpaired) electrons. The number of amides is 1. The van der Waals surface area contributed by atoms with E-state index in [1.165, 1.54) is 4.70 Å². The number of rotatable bonds is 4. The van der Waals surface area contributed by atoms with Crippen molar-refractivity contribution < 1.29 is 4.79 Å². The molecule has 1 fully saturated rings. The molecule has 1 aliphatic rings. The average molecular weight is 358 g/mol. The third-order valence-electron chi connectivity index (χ3n) is 4.39. The summed E-state index contributed by atoms with van der Waals surface area (Å²) < 4.78 is 1.18. The zero-order valence-electron chi connectivity index (χ0n) is 13.5. The van der Waals surface area contributed by atoms with Crippen LogP contribution in [0.1, 0.15) is 16.1 Å². The third kappa shape index (κ3) is 2.97. The first-order chi connectivity index (χ1) is 11.7. The van der Waals surface area contributed by atoms with Crippen molar-refractivity contribution >= 4 is 38.8 Å². The summed E-state index contributed by atoms with van der Waals surface area (Å²) in [5, 5.41) is 4.20. The Hall–Kier alpha value is -1.76. The lowest BCUT2D eigenvalue weighted by Crippen LogP contribution is -2.29. The summed E-state index contributed by atoms with van der Waals surface area (Å²) in [5.74, 6) is 0.730. The highest BCUT2D eigenvalue weighted by Crippen LogP contribution is 2.35. The number of thiazole rings is 1. The van der Waals surface area contributed by atoms with Crippen molar-refractivity contribution in [2.24, 2.45) is 5.92 Å². The van der Waals surface area contributed by atoms with E-state index in [1.54, 1.807) is 22.7 Å². The van der Waals surface area contributed by atoms with Gasteiger partial charge in [-0.1, -0.05) is 12.1 Å². The molecule has 1 unspecified atom stereocenters. The smallest absolute Gasteiger partial charge is 0.263 e. The molecular formula is C18H19N3OS2. The fraction of sp³-hybridized carbons (Fsp3) is 0.333. The van der Waals surface area contributed by atoms with Crippen LogP contribution >= 0.6 is 22.7 Å². The standard InChI is InChI=1S/C18H19N3OS2/c1-19-10-12-8-9-21(11-12)18(22)16-7-6-15(23-16)17-20-13-4-2-3-5-14(13)24-17/h2-7,12,19H,8-11H2,1H3. The first-order valence-electron chi connectivity index (χ1n) is 8.14. The van der Waals surface area contributed by atoms with Crippen LogP contribution in [-0.2, 0) is 0 Å². The molecule has 1 aliphatic heterocycles. The van der Waals surface area contributed by atoms with Crippen LogP contribution in [0.3, 0.4) is 0 Å². The molecule has 0 aliphatic carbocycles. The van der Waals surface area contributed by atoms with Crippen molar-refractivity contribution in [3.05, 3.63) is 41.3 Å². The monoisotopic (exact) mass is 357 g/mol. The summed E-state index contributed by atoms with van der Waals surface area (Å²) in [6, 6.07) is 12.1. The number of fused-ring (bicyclic) bond motifs is 1. The molecule has 0 spiro atoms. The van der Waals surface area contributed by atoms with Gasteiger partial charge in [0.15, 0.2) is 0 Å². The SMILES string of the molecule is CNCC1CCN(C(=O)c2ccc(-c3nc4ccccc4s3)s2)C1.